The zero-order chi connectivity index (χ0) is 15.0. The van der Waals surface area contributed by atoms with Crippen LogP contribution in [0.25, 0.3) is 0 Å². The topological polar surface area (TPSA) is 80.5 Å². The first kappa shape index (κ1) is 14.5. The zero-order valence-corrected chi connectivity index (χ0v) is 12.7. The Hall–Kier alpha value is -1.40. The van der Waals surface area contributed by atoms with Crippen LogP contribution in [0.1, 0.15) is 36.8 Å². The van der Waals surface area contributed by atoms with Crippen LogP contribution in [0.3, 0.4) is 0 Å². The molecule has 3 rings (SSSR count). The predicted molar refractivity (Wildman–Crippen MR) is 79.2 cm³/mol. The van der Waals surface area contributed by atoms with Crippen LogP contribution in [0.4, 0.5) is 0 Å². The number of carbonyl (C=O) groups excluding carboxylic acids is 1. The van der Waals surface area contributed by atoms with Crippen LogP contribution < -0.4 is 5.73 Å². The number of carbonyl (C=O) groups is 1. The van der Waals surface area contributed by atoms with Gasteiger partial charge in [-0.05, 0) is 55.4 Å². The average molecular weight is 308 g/mol. The summed E-state index contributed by atoms with van der Waals surface area (Å²) in [4.78, 5) is 11.8. The standard InChI is InChI=1S/C15H20N2O3S/c16-15(18)14-6-1-2-9-17(14)21(19,20)13-8-7-11-4-3-5-12(11)10-13/h7-8,10,14H,1-6,9H2,(H2,16,18)/t14-/m0/s1. The predicted octanol–water partition coefficient (Wildman–Crippen LogP) is 1.20. The fraction of sp³-hybridized carbons (Fsp3) is 0.533. The molecule has 1 atom stereocenters. The van der Waals surface area contributed by atoms with Crippen molar-refractivity contribution in [3.8, 4) is 0 Å². The molecule has 21 heavy (non-hydrogen) atoms. The number of rotatable bonds is 3. The van der Waals surface area contributed by atoms with Crippen molar-refractivity contribution < 1.29 is 13.2 Å². The van der Waals surface area contributed by atoms with E-state index in [4.69, 9.17) is 5.73 Å². The van der Waals surface area contributed by atoms with E-state index in [0.29, 0.717) is 13.0 Å². The largest absolute Gasteiger partial charge is 0.368 e. The Morgan fingerprint density at radius 1 is 1.14 bits per heavy atom. The van der Waals surface area contributed by atoms with Crippen LogP contribution in [-0.2, 0) is 27.7 Å². The van der Waals surface area contributed by atoms with Crippen molar-refractivity contribution in [2.75, 3.05) is 6.54 Å². The molecule has 0 aromatic heterocycles. The molecule has 1 fully saturated rings. The van der Waals surface area contributed by atoms with Crippen LogP contribution in [-0.4, -0.2) is 31.2 Å². The van der Waals surface area contributed by atoms with Crippen LogP contribution in [0, 0.1) is 0 Å². The molecule has 1 saturated heterocycles. The van der Waals surface area contributed by atoms with Crippen molar-refractivity contribution in [2.24, 2.45) is 5.73 Å². The second kappa shape index (κ2) is 5.42. The fourth-order valence-corrected chi connectivity index (χ4v) is 5.04. The second-order valence-electron chi connectivity index (χ2n) is 5.81. The lowest BCUT2D eigenvalue weighted by atomic mass is 10.0. The number of nitrogens with two attached hydrogens (primary N) is 1. The van der Waals surface area contributed by atoms with Crippen LogP contribution in [0.2, 0.25) is 0 Å². The Bertz CT molecular complexity index is 669. The number of aryl methyl sites for hydroxylation is 2. The summed E-state index contributed by atoms with van der Waals surface area (Å²) in [7, 11) is -3.65. The van der Waals surface area contributed by atoms with Gasteiger partial charge in [-0.2, -0.15) is 4.31 Å². The Labute approximate surface area is 125 Å². The Kier molecular flexibility index (Phi) is 3.75. The quantitative estimate of drug-likeness (QED) is 0.911. The molecule has 0 unspecified atom stereocenters. The number of sulfonamides is 1. The van der Waals surface area contributed by atoms with Gasteiger partial charge in [0.2, 0.25) is 15.9 Å². The maximum absolute atomic E-state index is 12.8. The van der Waals surface area contributed by atoms with E-state index in [0.717, 1.165) is 37.7 Å². The van der Waals surface area contributed by atoms with Crippen molar-refractivity contribution in [3.05, 3.63) is 29.3 Å². The molecule has 1 aromatic rings. The van der Waals surface area contributed by atoms with Crippen LogP contribution >= 0.6 is 0 Å². The third-order valence-corrected chi connectivity index (χ3v) is 6.36. The zero-order valence-electron chi connectivity index (χ0n) is 11.9. The summed E-state index contributed by atoms with van der Waals surface area (Å²) in [5, 5.41) is 0. The van der Waals surface area contributed by atoms with Crippen molar-refractivity contribution in [3.63, 3.8) is 0 Å². The normalized spacial score (nSPS) is 23.0. The van der Waals surface area contributed by atoms with Gasteiger partial charge in [0.15, 0.2) is 0 Å². The van der Waals surface area contributed by atoms with Gasteiger partial charge in [0, 0.05) is 6.54 Å². The number of fused-ring (bicyclic) bond motifs is 1. The minimum Gasteiger partial charge on any atom is -0.368 e. The molecule has 1 amide bonds. The van der Waals surface area contributed by atoms with E-state index < -0.39 is 22.0 Å². The highest BCUT2D eigenvalue weighted by Crippen LogP contribution is 2.29. The first-order chi connectivity index (χ1) is 10.00. The molecule has 1 heterocycles. The number of nitrogens with zero attached hydrogens (tertiary/aromatic N) is 1. The molecule has 2 aliphatic rings. The fourth-order valence-electron chi connectivity index (χ4n) is 3.32. The summed E-state index contributed by atoms with van der Waals surface area (Å²) in [6.07, 6.45) is 5.14. The molecule has 0 bridgehead atoms. The van der Waals surface area contributed by atoms with E-state index in [1.54, 1.807) is 12.1 Å². The number of benzene rings is 1. The van der Waals surface area contributed by atoms with E-state index in [1.807, 2.05) is 6.07 Å². The highest BCUT2D eigenvalue weighted by molar-refractivity contribution is 7.89. The van der Waals surface area contributed by atoms with Crippen LogP contribution in [0.5, 0.6) is 0 Å². The molecular weight excluding hydrogens is 288 g/mol. The van der Waals surface area contributed by atoms with Crippen molar-refractivity contribution >= 4 is 15.9 Å². The molecular formula is C15H20N2O3S. The Balaban J connectivity index is 1.97. The first-order valence-electron chi connectivity index (χ1n) is 7.43. The lowest BCUT2D eigenvalue weighted by Crippen LogP contribution is -2.50. The summed E-state index contributed by atoms with van der Waals surface area (Å²) in [6, 6.07) is 4.62. The lowest BCUT2D eigenvalue weighted by Gasteiger charge is -2.32. The van der Waals surface area contributed by atoms with Crippen LogP contribution in [0.15, 0.2) is 23.1 Å². The van der Waals surface area contributed by atoms with Gasteiger partial charge in [0.05, 0.1) is 4.90 Å². The lowest BCUT2D eigenvalue weighted by molar-refractivity contribution is -0.122. The van der Waals surface area contributed by atoms with Gasteiger partial charge >= 0.3 is 0 Å². The maximum atomic E-state index is 12.8. The smallest absolute Gasteiger partial charge is 0.243 e. The van der Waals surface area contributed by atoms with Gasteiger partial charge in [-0.15, -0.1) is 0 Å². The van der Waals surface area contributed by atoms with E-state index in [9.17, 15) is 13.2 Å². The monoisotopic (exact) mass is 308 g/mol. The van der Waals surface area contributed by atoms with E-state index in [1.165, 1.54) is 9.87 Å². The summed E-state index contributed by atoms with van der Waals surface area (Å²) in [6.45, 7) is 0.368. The number of primary amides is 1. The number of amides is 1. The number of hydrogen-bond acceptors (Lipinski definition) is 3. The first-order valence-corrected chi connectivity index (χ1v) is 8.87. The summed E-state index contributed by atoms with van der Waals surface area (Å²) in [5.74, 6) is -0.556. The van der Waals surface area contributed by atoms with E-state index in [2.05, 4.69) is 0 Å². The Morgan fingerprint density at radius 3 is 2.67 bits per heavy atom. The van der Waals surface area contributed by atoms with Gasteiger partial charge in [0.25, 0.3) is 0 Å². The van der Waals surface area contributed by atoms with Gasteiger partial charge in [-0.1, -0.05) is 12.5 Å². The maximum Gasteiger partial charge on any atom is 0.243 e. The third-order valence-electron chi connectivity index (χ3n) is 4.46. The highest BCUT2D eigenvalue weighted by atomic mass is 32.2. The van der Waals surface area contributed by atoms with Crippen molar-refractivity contribution in [2.45, 2.75) is 49.5 Å². The SMILES string of the molecule is NC(=O)[C@@H]1CCCCN1S(=O)(=O)c1ccc2c(c1)CCC2. The Morgan fingerprint density at radius 2 is 1.90 bits per heavy atom. The summed E-state index contributed by atoms with van der Waals surface area (Å²) < 4.78 is 26.9. The molecule has 0 saturated carbocycles. The minimum absolute atomic E-state index is 0.288. The molecule has 0 spiro atoms. The molecule has 114 valence electrons. The average Bonchev–Trinajstić information content (AvgIpc) is 2.94. The van der Waals surface area contributed by atoms with E-state index in [-0.39, 0.29) is 4.90 Å². The molecule has 1 aliphatic carbocycles. The van der Waals surface area contributed by atoms with Gasteiger partial charge in [-0.3, -0.25) is 4.79 Å². The minimum atomic E-state index is -3.65. The second-order valence-corrected chi connectivity index (χ2v) is 7.70. The molecule has 5 nitrogen and oxygen atoms in total. The third kappa shape index (κ3) is 2.58. The van der Waals surface area contributed by atoms with Gasteiger partial charge in [-0.25, -0.2) is 8.42 Å². The molecule has 1 aliphatic heterocycles. The molecule has 6 heteroatoms. The summed E-state index contributed by atoms with van der Waals surface area (Å²) >= 11 is 0. The van der Waals surface area contributed by atoms with E-state index >= 15 is 0 Å². The molecule has 1 aromatic carbocycles. The number of piperidine rings is 1. The molecule has 2 N–H and O–H groups in total. The van der Waals surface area contributed by atoms with Gasteiger partial charge in [0.1, 0.15) is 6.04 Å². The molecule has 0 radical (unpaired) electrons. The summed E-state index contributed by atoms with van der Waals surface area (Å²) in [5.41, 5.74) is 7.73. The number of hydrogen-bond donors (Lipinski definition) is 1. The highest BCUT2D eigenvalue weighted by Gasteiger charge is 2.36. The van der Waals surface area contributed by atoms with Gasteiger partial charge < -0.3 is 5.73 Å². The van der Waals surface area contributed by atoms with Crippen molar-refractivity contribution in [1.29, 1.82) is 0 Å². The van der Waals surface area contributed by atoms with Crippen molar-refractivity contribution in [1.82, 2.24) is 4.31 Å².